The monoisotopic (exact) mass is 314 g/mol. The first-order valence-corrected chi connectivity index (χ1v) is 8.99. The Kier molecular flexibility index (Phi) is 3.20. The number of pyridine rings is 1. The van der Waals surface area contributed by atoms with Crippen molar-refractivity contribution in [1.82, 2.24) is 10.3 Å². The zero-order valence-electron chi connectivity index (χ0n) is 13.8. The average Bonchev–Trinajstić information content (AvgIpc) is 2.65. The first-order valence-electron chi connectivity index (χ1n) is 8.99. The van der Waals surface area contributed by atoms with Crippen LogP contribution in [0.2, 0.25) is 0 Å². The van der Waals surface area contributed by atoms with Gasteiger partial charge in [-0.05, 0) is 55.1 Å². The number of aromatic nitrogens is 1. The van der Waals surface area contributed by atoms with Gasteiger partial charge in [0.05, 0.1) is 5.52 Å². The van der Waals surface area contributed by atoms with Crippen LogP contribution in [0.25, 0.3) is 10.9 Å². The molecule has 1 aliphatic heterocycles. The molecule has 1 aromatic heterocycles. The van der Waals surface area contributed by atoms with Crippen LogP contribution in [0.15, 0.2) is 60.7 Å². The molecule has 0 unspecified atom stereocenters. The highest BCUT2D eigenvalue weighted by Crippen LogP contribution is 2.46. The Morgan fingerprint density at radius 3 is 2.75 bits per heavy atom. The summed E-state index contributed by atoms with van der Waals surface area (Å²) in [5.41, 5.74) is 5.64. The van der Waals surface area contributed by atoms with Crippen LogP contribution >= 0.6 is 0 Å². The number of nitrogens with zero attached hydrogens (tertiary/aromatic N) is 1. The molecule has 2 aromatic carbocycles. The van der Waals surface area contributed by atoms with Crippen molar-refractivity contribution in [2.45, 2.75) is 24.7 Å². The topological polar surface area (TPSA) is 24.9 Å². The summed E-state index contributed by atoms with van der Waals surface area (Å²) in [6, 6.07) is 22.0. The molecule has 0 amide bonds. The van der Waals surface area contributed by atoms with Crippen LogP contribution in [-0.4, -0.2) is 18.1 Å². The van der Waals surface area contributed by atoms with Crippen LogP contribution in [-0.2, 0) is 18.3 Å². The van der Waals surface area contributed by atoms with Gasteiger partial charge >= 0.3 is 0 Å². The Bertz CT molecular complexity index is 887. The number of fused-ring (bicyclic) bond motifs is 3. The van der Waals surface area contributed by atoms with Crippen LogP contribution < -0.4 is 5.32 Å². The van der Waals surface area contributed by atoms with Crippen molar-refractivity contribution in [1.29, 1.82) is 0 Å². The predicted octanol–water partition coefficient (Wildman–Crippen LogP) is 3.88. The van der Waals surface area contributed by atoms with Crippen LogP contribution in [0.5, 0.6) is 0 Å². The van der Waals surface area contributed by atoms with E-state index >= 15 is 0 Å². The van der Waals surface area contributed by atoms with Gasteiger partial charge in [0.2, 0.25) is 0 Å². The number of rotatable bonds is 1. The molecule has 2 atom stereocenters. The lowest BCUT2D eigenvalue weighted by molar-refractivity contribution is 0.181. The zero-order valence-corrected chi connectivity index (χ0v) is 13.8. The lowest BCUT2D eigenvalue weighted by Crippen LogP contribution is -2.52. The predicted molar refractivity (Wildman–Crippen MR) is 98.2 cm³/mol. The van der Waals surface area contributed by atoms with E-state index < -0.39 is 0 Å². The molecule has 2 heteroatoms. The number of hydrogen-bond acceptors (Lipinski definition) is 2. The third kappa shape index (κ3) is 2.10. The Morgan fingerprint density at radius 2 is 1.83 bits per heavy atom. The van der Waals surface area contributed by atoms with Gasteiger partial charge in [-0.15, -0.1) is 0 Å². The Balaban J connectivity index is 1.67. The van der Waals surface area contributed by atoms with E-state index in [1.54, 1.807) is 0 Å². The van der Waals surface area contributed by atoms with Gasteiger partial charge in [-0.3, -0.25) is 4.98 Å². The highest BCUT2D eigenvalue weighted by Gasteiger charge is 2.45. The van der Waals surface area contributed by atoms with Crippen molar-refractivity contribution in [2.24, 2.45) is 5.92 Å². The van der Waals surface area contributed by atoms with Gasteiger partial charge in [-0.25, -0.2) is 0 Å². The van der Waals surface area contributed by atoms with E-state index in [0.717, 1.165) is 31.4 Å². The summed E-state index contributed by atoms with van der Waals surface area (Å²) in [5.74, 6) is 0.657. The molecule has 2 heterocycles. The molecular formula is C22H22N2. The molecule has 24 heavy (non-hydrogen) atoms. The molecule has 5 rings (SSSR count). The molecule has 0 spiro atoms. The van der Waals surface area contributed by atoms with Crippen molar-refractivity contribution in [3.8, 4) is 0 Å². The minimum atomic E-state index is 0.245. The van der Waals surface area contributed by atoms with Crippen LogP contribution in [0.3, 0.4) is 0 Å². The van der Waals surface area contributed by atoms with E-state index in [4.69, 9.17) is 4.98 Å². The fraction of sp³-hybridized carbons (Fsp3) is 0.318. The fourth-order valence-electron chi connectivity index (χ4n) is 4.83. The fourth-order valence-corrected chi connectivity index (χ4v) is 4.83. The van der Waals surface area contributed by atoms with Crippen molar-refractivity contribution in [3.05, 3.63) is 77.5 Å². The third-order valence-corrected chi connectivity index (χ3v) is 6.11. The van der Waals surface area contributed by atoms with Crippen molar-refractivity contribution in [2.75, 3.05) is 13.1 Å². The Hall–Kier alpha value is -2.19. The second-order valence-corrected chi connectivity index (χ2v) is 7.34. The van der Waals surface area contributed by atoms with Crippen molar-refractivity contribution in [3.63, 3.8) is 0 Å². The summed E-state index contributed by atoms with van der Waals surface area (Å²) in [7, 11) is 0. The summed E-state index contributed by atoms with van der Waals surface area (Å²) in [4.78, 5) is 5.06. The zero-order chi connectivity index (χ0) is 16.0. The number of para-hydroxylation sites is 1. The first kappa shape index (κ1) is 14.2. The summed E-state index contributed by atoms with van der Waals surface area (Å²) in [5, 5.41) is 4.90. The smallest absolute Gasteiger partial charge is 0.0705 e. The lowest BCUT2D eigenvalue weighted by Gasteiger charge is -2.48. The van der Waals surface area contributed by atoms with Crippen molar-refractivity contribution < 1.29 is 0 Å². The van der Waals surface area contributed by atoms with Gasteiger partial charge in [0.1, 0.15) is 0 Å². The molecule has 0 radical (unpaired) electrons. The summed E-state index contributed by atoms with van der Waals surface area (Å²) < 4.78 is 0. The van der Waals surface area contributed by atoms with E-state index in [9.17, 15) is 0 Å². The highest BCUT2D eigenvalue weighted by molar-refractivity contribution is 5.79. The normalized spacial score (nSPS) is 25.9. The molecular weight excluding hydrogens is 292 g/mol. The minimum absolute atomic E-state index is 0.245. The second-order valence-electron chi connectivity index (χ2n) is 7.34. The molecule has 0 saturated carbocycles. The van der Waals surface area contributed by atoms with Gasteiger partial charge in [0.25, 0.3) is 0 Å². The number of hydrogen-bond donors (Lipinski definition) is 1. The molecule has 3 aromatic rings. The van der Waals surface area contributed by atoms with Crippen LogP contribution in [0.1, 0.15) is 23.2 Å². The van der Waals surface area contributed by atoms with E-state index in [-0.39, 0.29) is 5.41 Å². The standard InChI is InChI=1S/C22H22N2/c1-2-7-18(8-3-1)22-10-11-23-15-19(22)13-17-12-16-6-4-5-9-20(16)24-21(17)14-22/h1-9,12,19,23H,10-11,13-15H2/t19-,22-/m0/s1. The Morgan fingerprint density at radius 1 is 1.00 bits per heavy atom. The Labute approximate surface area is 142 Å². The molecule has 1 N–H and O–H groups in total. The lowest BCUT2D eigenvalue weighted by atomic mass is 9.59. The minimum Gasteiger partial charge on any atom is -0.316 e. The summed E-state index contributed by atoms with van der Waals surface area (Å²) >= 11 is 0. The third-order valence-electron chi connectivity index (χ3n) is 6.11. The highest BCUT2D eigenvalue weighted by atomic mass is 14.9. The second kappa shape index (κ2) is 5.42. The molecule has 0 bridgehead atoms. The van der Waals surface area contributed by atoms with E-state index in [1.807, 2.05) is 0 Å². The van der Waals surface area contributed by atoms with Crippen molar-refractivity contribution >= 4 is 10.9 Å². The van der Waals surface area contributed by atoms with Crippen LogP contribution in [0.4, 0.5) is 0 Å². The maximum atomic E-state index is 5.06. The summed E-state index contributed by atoms with van der Waals surface area (Å²) in [6.07, 6.45) is 3.41. The van der Waals surface area contributed by atoms with E-state index in [1.165, 1.54) is 28.6 Å². The van der Waals surface area contributed by atoms with Gasteiger partial charge in [-0.2, -0.15) is 0 Å². The maximum absolute atomic E-state index is 5.06. The van der Waals surface area contributed by atoms with Gasteiger partial charge < -0.3 is 5.32 Å². The van der Waals surface area contributed by atoms with Gasteiger partial charge in [0, 0.05) is 22.9 Å². The van der Waals surface area contributed by atoms with Gasteiger partial charge in [-0.1, -0.05) is 48.5 Å². The van der Waals surface area contributed by atoms with Crippen LogP contribution in [0, 0.1) is 5.92 Å². The molecule has 1 aliphatic carbocycles. The molecule has 1 saturated heterocycles. The summed E-state index contributed by atoms with van der Waals surface area (Å²) in [6.45, 7) is 2.22. The molecule has 1 fully saturated rings. The SMILES string of the molecule is c1ccc([C@@]23CCNC[C@@H]2Cc2cc4ccccc4nc2C3)cc1. The maximum Gasteiger partial charge on any atom is 0.0705 e. The number of piperidine rings is 1. The molecule has 2 aliphatic rings. The molecule has 120 valence electrons. The molecule has 2 nitrogen and oxygen atoms in total. The van der Waals surface area contributed by atoms with Gasteiger partial charge in [0.15, 0.2) is 0 Å². The van der Waals surface area contributed by atoms with E-state index in [0.29, 0.717) is 5.92 Å². The number of benzene rings is 2. The van der Waals surface area contributed by atoms with E-state index in [2.05, 4.69) is 66.0 Å². The average molecular weight is 314 g/mol. The largest absolute Gasteiger partial charge is 0.316 e. The quantitative estimate of drug-likeness (QED) is 0.737. The first-order chi connectivity index (χ1) is 11.9. The number of nitrogens with one attached hydrogen (secondary N) is 1.